The van der Waals surface area contributed by atoms with E-state index >= 15 is 0 Å². The Kier molecular flexibility index (Phi) is 4.61. The van der Waals surface area contributed by atoms with Gasteiger partial charge in [0.2, 0.25) is 5.49 Å². The van der Waals surface area contributed by atoms with Crippen LogP contribution >= 0.6 is 7.29 Å². The van der Waals surface area contributed by atoms with Gasteiger partial charge in [-0.1, -0.05) is 54.6 Å². The van der Waals surface area contributed by atoms with Crippen molar-refractivity contribution >= 4 is 17.9 Å². The van der Waals surface area contributed by atoms with Crippen LogP contribution in [0.25, 0.3) is 5.69 Å². The van der Waals surface area contributed by atoms with Crippen LogP contribution in [0.3, 0.4) is 0 Å². The normalized spacial score (nSPS) is 12.3. The number of aromatic nitrogens is 3. The molecule has 0 N–H and O–H groups in total. The van der Waals surface area contributed by atoms with Gasteiger partial charge in [-0.05, 0) is 36.4 Å². The zero-order valence-corrected chi connectivity index (χ0v) is 15.8. The fourth-order valence-corrected chi connectivity index (χ4v) is 5.03. The highest BCUT2D eigenvalue weighted by Crippen LogP contribution is 2.44. The lowest BCUT2D eigenvalue weighted by Gasteiger charge is -2.13. The molecule has 0 fully saturated rings. The smallest absolute Gasteiger partial charge is 0.251 e. The average molecular weight is 374 g/mol. The summed E-state index contributed by atoms with van der Waals surface area (Å²) < 4.78 is 22.2. The first-order chi connectivity index (χ1) is 13.2. The second-order valence-electron chi connectivity index (χ2n) is 6.13. The van der Waals surface area contributed by atoms with Gasteiger partial charge in [0.05, 0.1) is 7.05 Å². The Morgan fingerprint density at radius 1 is 0.815 bits per heavy atom. The Labute approximate surface area is 157 Å². The first kappa shape index (κ1) is 17.3. The summed E-state index contributed by atoms with van der Waals surface area (Å²) in [5, 5.41) is 5.87. The Morgan fingerprint density at radius 2 is 1.30 bits per heavy atom. The molecule has 1 heterocycles. The molecule has 0 bridgehead atoms. The molecule has 0 saturated carbocycles. The molecule has 0 aliphatic heterocycles. The van der Waals surface area contributed by atoms with Crippen LogP contribution in [0.5, 0.6) is 0 Å². The van der Waals surface area contributed by atoms with Crippen molar-refractivity contribution in [3.63, 3.8) is 0 Å². The van der Waals surface area contributed by atoms with Crippen molar-refractivity contribution in [3.8, 4) is 5.69 Å². The van der Waals surface area contributed by atoms with Crippen molar-refractivity contribution in [1.29, 1.82) is 0 Å². The van der Waals surface area contributed by atoms with E-state index in [9.17, 15) is 4.57 Å². The Hall–Kier alpha value is -3.17. The lowest BCUT2D eigenvalue weighted by Crippen LogP contribution is -2.35. The van der Waals surface area contributed by atoms with Crippen molar-refractivity contribution in [3.05, 3.63) is 103 Å². The Balaban J connectivity index is 1.91. The molecule has 0 amide bonds. The predicted octanol–water partition coefficient (Wildman–Crippen LogP) is 2.09. The number of nitrogens with zero attached hydrogens (tertiary/aromatic N) is 4. The zero-order valence-electron chi connectivity index (χ0n) is 14.9. The van der Waals surface area contributed by atoms with Gasteiger partial charge in [0.15, 0.2) is 0 Å². The fourth-order valence-electron chi connectivity index (χ4n) is 2.88. The highest BCUT2D eigenvalue weighted by atomic mass is 31.2. The fraction of sp³-hybridized carbons (Fsp3) is 0.0476. The molecule has 134 valence electrons. The van der Waals surface area contributed by atoms with Gasteiger partial charge in [-0.25, -0.2) is 0 Å². The second kappa shape index (κ2) is 7.22. The van der Waals surface area contributed by atoms with E-state index in [1.807, 2.05) is 91.0 Å². The minimum absolute atomic E-state index is 0.551. The molecule has 0 atom stereocenters. The van der Waals surface area contributed by atoms with Crippen LogP contribution < -0.4 is 26.0 Å². The third kappa shape index (κ3) is 3.42. The number of aryl methyl sites for hydroxylation is 1. The SMILES string of the molecule is Cn1[n-][n+](-c2ccccc2)c/c1=N\P(=O)(c1ccccc1)c1ccccc1. The van der Waals surface area contributed by atoms with Gasteiger partial charge in [0.1, 0.15) is 11.9 Å². The van der Waals surface area contributed by atoms with Crippen LogP contribution in [0, 0.1) is 0 Å². The molecule has 0 radical (unpaired) electrons. The summed E-state index contributed by atoms with van der Waals surface area (Å²) in [6.07, 6.45) is 1.80. The van der Waals surface area contributed by atoms with E-state index in [1.165, 1.54) is 0 Å². The summed E-state index contributed by atoms with van der Waals surface area (Å²) in [5.41, 5.74) is 1.47. The molecular formula is C21H19N4OP. The van der Waals surface area contributed by atoms with Gasteiger partial charge in [-0.2, -0.15) is 4.76 Å². The summed E-state index contributed by atoms with van der Waals surface area (Å²) in [4.78, 5) is 0. The van der Waals surface area contributed by atoms with Gasteiger partial charge in [0.25, 0.3) is 7.29 Å². The molecular weight excluding hydrogens is 355 g/mol. The molecule has 0 spiro atoms. The molecule has 4 rings (SSSR count). The highest BCUT2D eigenvalue weighted by Gasteiger charge is 2.27. The minimum Gasteiger partial charge on any atom is -0.341 e. The van der Waals surface area contributed by atoms with Crippen LogP contribution in [0.1, 0.15) is 0 Å². The Morgan fingerprint density at radius 3 is 1.81 bits per heavy atom. The van der Waals surface area contributed by atoms with E-state index in [2.05, 4.69) is 5.21 Å². The van der Waals surface area contributed by atoms with E-state index in [0.29, 0.717) is 16.1 Å². The van der Waals surface area contributed by atoms with Gasteiger partial charge in [-0.3, -0.25) is 9.25 Å². The van der Waals surface area contributed by atoms with Gasteiger partial charge in [-0.15, -0.1) is 0 Å². The largest absolute Gasteiger partial charge is 0.341 e. The number of hydrogen-bond donors (Lipinski definition) is 0. The lowest BCUT2D eigenvalue weighted by atomic mass is 10.3. The van der Waals surface area contributed by atoms with Crippen LogP contribution in [0.4, 0.5) is 0 Å². The van der Waals surface area contributed by atoms with E-state index in [4.69, 9.17) is 4.76 Å². The summed E-state index contributed by atoms with van der Waals surface area (Å²) in [6, 6.07) is 28.6. The summed E-state index contributed by atoms with van der Waals surface area (Å²) >= 11 is 0. The van der Waals surface area contributed by atoms with Crippen molar-refractivity contribution in [2.75, 3.05) is 0 Å². The highest BCUT2D eigenvalue weighted by molar-refractivity contribution is 7.77. The second-order valence-corrected chi connectivity index (χ2v) is 8.51. The van der Waals surface area contributed by atoms with E-state index in [0.717, 1.165) is 5.69 Å². The quantitative estimate of drug-likeness (QED) is 0.406. The Bertz CT molecular complexity index is 1110. The molecule has 27 heavy (non-hydrogen) atoms. The van der Waals surface area contributed by atoms with E-state index in [-0.39, 0.29) is 0 Å². The molecule has 5 nitrogen and oxygen atoms in total. The standard InChI is InChI=1S/C21H19N4OP/c1-24-21(17-25(23-24)18-11-5-2-6-12-18)22-27(26,19-13-7-3-8-14-19)20-15-9-4-10-16-20/h2-17H,1H3/b22-21+. The van der Waals surface area contributed by atoms with E-state index in [1.54, 1.807) is 22.6 Å². The first-order valence-corrected chi connectivity index (χ1v) is 10.3. The zero-order chi connectivity index (χ0) is 18.7. The topological polar surface area (TPSA) is 52.3 Å². The number of hydrogen-bond acceptors (Lipinski definition) is 1. The van der Waals surface area contributed by atoms with Gasteiger partial charge < -0.3 is 9.90 Å². The van der Waals surface area contributed by atoms with Gasteiger partial charge >= 0.3 is 0 Å². The number of para-hydroxylation sites is 1. The van der Waals surface area contributed by atoms with Crippen molar-refractivity contribution in [2.45, 2.75) is 0 Å². The summed E-state index contributed by atoms with van der Waals surface area (Å²) in [5.74, 6) is 0. The van der Waals surface area contributed by atoms with Crippen LogP contribution in [0.2, 0.25) is 0 Å². The third-order valence-electron chi connectivity index (χ3n) is 4.28. The minimum atomic E-state index is -3.20. The molecule has 0 saturated heterocycles. The molecule has 0 aliphatic rings. The maximum atomic E-state index is 14.1. The predicted molar refractivity (Wildman–Crippen MR) is 106 cm³/mol. The molecule has 1 aromatic heterocycles. The monoisotopic (exact) mass is 374 g/mol. The molecule has 3 aromatic carbocycles. The molecule has 6 heteroatoms. The van der Waals surface area contributed by atoms with Crippen LogP contribution in [-0.2, 0) is 11.6 Å². The lowest BCUT2D eigenvalue weighted by molar-refractivity contribution is -0.667. The molecule has 0 aliphatic carbocycles. The van der Waals surface area contributed by atoms with E-state index < -0.39 is 7.29 Å². The maximum Gasteiger partial charge on any atom is 0.251 e. The number of rotatable bonds is 4. The van der Waals surface area contributed by atoms with Gasteiger partial charge in [0, 0.05) is 10.6 Å². The maximum absolute atomic E-state index is 14.1. The number of benzene rings is 3. The summed E-state index contributed by atoms with van der Waals surface area (Å²) in [6.45, 7) is 0. The van der Waals surface area contributed by atoms with Crippen molar-refractivity contribution in [2.24, 2.45) is 11.8 Å². The third-order valence-corrected chi connectivity index (χ3v) is 6.76. The van der Waals surface area contributed by atoms with Crippen molar-refractivity contribution < 1.29 is 9.25 Å². The summed E-state index contributed by atoms with van der Waals surface area (Å²) in [7, 11) is -1.40. The first-order valence-electron chi connectivity index (χ1n) is 8.63. The van der Waals surface area contributed by atoms with Crippen molar-refractivity contribution in [1.82, 2.24) is 9.90 Å². The van der Waals surface area contributed by atoms with Crippen LogP contribution in [-0.4, -0.2) is 4.68 Å². The molecule has 4 aromatic rings. The average Bonchev–Trinajstić information content (AvgIpc) is 3.10. The van der Waals surface area contributed by atoms with Crippen LogP contribution in [0.15, 0.2) is 102 Å². The molecule has 0 unspecified atom stereocenters.